The van der Waals surface area contributed by atoms with Gasteiger partial charge in [-0.1, -0.05) is 124 Å². The lowest BCUT2D eigenvalue weighted by Gasteiger charge is -2.35. The highest BCUT2D eigenvalue weighted by molar-refractivity contribution is 7.25. The second-order valence-electron chi connectivity index (χ2n) is 14.4. The summed E-state index contributed by atoms with van der Waals surface area (Å²) in [6, 6.07) is 46.5. The van der Waals surface area contributed by atoms with Crippen LogP contribution in [0.4, 0.5) is 0 Å². The molecule has 10 rings (SSSR count). The van der Waals surface area contributed by atoms with E-state index in [1.165, 1.54) is 64.5 Å². The maximum atomic E-state index is 5.29. The summed E-state index contributed by atoms with van der Waals surface area (Å²) >= 11 is 1.90. The highest BCUT2D eigenvalue weighted by Gasteiger charge is 2.36. The van der Waals surface area contributed by atoms with Crippen LogP contribution in [0.15, 0.2) is 133 Å². The van der Waals surface area contributed by atoms with Crippen LogP contribution in [0.1, 0.15) is 36.2 Å². The van der Waals surface area contributed by atoms with Crippen molar-refractivity contribution < 1.29 is 0 Å². The molecule has 4 heterocycles. The Bertz CT molecular complexity index is 2940. The predicted molar refractivity (Wildman–Crippen MR) is 223 cm³/mol. The molecule has 0 saturated carbocycles. The summed E-state index contributed by atoms with van der Waals surface area (Å²) in [7, 11) is 2.04. The third-order valence-electron chi connectivity index (χ3n) is 11.0. The van der Waals surface area contributed by atoms with Gasteiger partial charge in [-0.15, -0.1) is 17.3 Å². The van der Waals surface area contributed by atoms with E-state index in [4.69, 9.17) is 9.97 Å². The first-order valence-electron chi connectivity index (χ1n) is 18.0. The molecule has 9 aromatic rings. The van der Waals surface area contributed by atoms with Crippen molar-refractivity contribution in [3.63, 3.8) is 0 Å². The molecule has 1 radical (unpaired) electrons. The molecular weight excluding hydrogens is 649 g/mol. The Labute approximate surface area is 308 Å². The van der Waals surface area contributed by atoms with Gasteiger partial charge < -0.3 is 4.57 Å². The van der Waals surface area contributed by atoms with Gasteiger partial charge in [0, 0.05) is 43.0 Å². The molecule has 3 nitrogen and oxygen atoms in total. The second kappa shape index (κ2) is 11.6. The predicted octanol–water partition coefficient (Wildman–Crippen LogP) is 12.6. The summed E-state index contributed by atoms with van der Waals surface area (Å²) < 4.78 is 3.87. The van der Waals surface area contributed by atoms with Gasteiger partial charge in [0.05, 0.1) is 22.6 Å². The van der Waals surface area contributed by atoms with Crippen LogP contribution in [0.5, 0.6) is 0 Å². The number of aromatic nitrogens is 3. The minimum Gasteiger partial charge on any atom is -0.300 e. The first-order valence-corrected chi connectivity index (χ1v) is 18.8. The molecular formula is C47H35BN3S. The van der Waals surface area contributed by atoms with E-state index in [-0.39, 0.29) is 5.41 Å². The molecule has 0 spiro atoms. The highest BCUT2D eigenvalue weighted by atomic mass is 32.1. The third-order valence-corrected chi connectivity index (χ3v) is 12.2. The zero-order valence-corrected chi connectivity index (χ0v) is 30.4. The minimum absolute atomic E-state index is 0.178. The van der Waals surface area contributed by atoms with E-state index in [0.29, 0.717) is 0 Å². The molecule has 52 heavy (non-hydrogen) atoms. The van der Waals surface area contributed by atoms with E-state index >= 15 is 0 Å². The fraction of sp³-hybridized carbons (Fsp3) is 0.106. The molecule has 0 saturated heterocycles. The lowest BCUT2D eigenvalue weighted by atomic mass is 9.74. The number of benzene rings is 6. The SMILES string of the molecule is C[B]/C=C\c1nc(-c2cccc3ccccc23)nc(-c2cccc(-c3ccc4c(c3)C(C)(C)c3cccc5c6c7ccccc7sc6n-4c35)c2)c1C. The van der Waals surface area contributed by atoms with E-state index in [0.717, 1.165) is 39.3 Å². The standard InChI is InChI=1S/C47H35BN3S/c1-28-39(24-25-48-4)49-45(34-18-10-13-29-12-5-6-16-33(29)34)50-43(28)32-15-9-14-30(26-32)31-22-23-40-38(27-31)47(2,3)37-20-11-19-36-42-35-17-7-8-21-41(35)52-46(42)51(40)44(36)37/h5-27H,1-4H3/b25-24-. The number of thiophene rings is 1. The van der Waals surface area contributed by atoms with Gasteiger partial charge in [-0.2, -0.15) is 0 Å². The van der Waals surface area contributed by atoms with E-state index in [2.05, 4.69) is 165 Å². The third kappa shape index (κ3) is 4.52. The Morgan fingerprint density at radius 1 is 0.692 bits per heavy atom. The maximum Gasteiger partial charge on any atom is 0.161 e. The van der Waals surface area contributed by atoms with Gasteiger partial charge in [-0.25, -0.2) is 9.97 Å². The smallest absolute Gasteiger partial charge is 0.161 e. The van der Waals surface area contributed by atoms with Crippen molar-refractivity contribution in [2.24, 2.45) is 0 Å². The number of hydrogen-bond acceptors (Lipinski definition) is 3. The second-order valence-corrected chi connectivity index (χ2v) is 15.4. The summed E-state index contributed by atoms with van der Waals surface area (Å²) in [6.45, 7) is 8.93. The summed E-state index contributed by atoms with van der Waals surface area (Å²) in [5.41, 5.74) is 12.6. The average molecular weight is 685 g/mol. The number of hydrogen-bond donors (Lipinski definition) is 0. The molecule has 3 aromatic heterocycles. The topological polar surface area (TPSA) is 30.7 Å². The minimum atomic E-state index is -0.178. The van der Waals surface area contributed by atoms with Gasteiger partial charge in [0.15, 0.2) is 5.82 Å². The van der Waals surface area contributed by atoms with E-state index in [1.54, 1.807) is 0 Å². The van der Waals surface area contributed by atoms with Crippen LogP contribution < -0.4 is 0 Å². The van der Waals surface area contributed by atoms with Gasteiger partial charge in [-0.05, 0) is 70.3 Å². The van der Waals surface area contributed by atoms with Gasteiger partial charge in [0.1, 0.15) is 12.1 Å². The van der Waals surface area contributed by atoms with Crippen LogP contribution in [0.3, 0.4) is 0 Å². The van der Waals surface area contributed by atoms with Crippen LogP contribution in [0.25, 0.3) is 87.5 Å². The first kappa shape index (κ1) is 31.0. The quantitative estimate of drug-likeness (QED) is 0.169. The molecule has 0 atom stereocenters. The Morgan fingerprint density at radius 3 is 2.31 bits per heavy atom. The molecule has 1 aliphatic heterocycles. The van der Waals surface area contributed by atoms with Crippen LogP contribution >= 0.6 is 11.3 Å². The highest BCUT2D eigenvalue weighted by Crippen LogP contribution is 2.51. The van der Waals surface area contributed by atoms with Crippen LogP contribution in [-0.4, -0.2) is 21.8 Å². The summed E-state index contributed by atoms with van der Waals surface area (Å²) in [5.74, 6) is 2.79. The molecule has 0 amide bonds. The van der Waals surface area contributed by atoms with Crippen LogP contribution in [0, 0.1) is 6.92 Å². The Morgan fingerprint density at radius 2 is 1.42 bits per heavy atom. The van der Waals surface area contributed by atoms with Crippen molar-refractivity contribution in [1.29, 1.82) is 0 Å². The molecule has 0 bridgehead atoms. The summed E-state index contributed by atoms with van der Waals surface area (Å²) in [6.07, 6.45) is 2.09. The van der Waals surface area contributed by atoms with Crippen LogP contribution in [-0.2, 0) is 5.41 Å². The summed E-state index contributed by atoms with van der Waals surface area (Å²) in [5, 5.41) is 6.38. The van der Waals surface area contributed by atoms with Crippen molar-refractivity contribution in [3.05, 3.63) is 156 Å². The largest absolute Gasteiger partial charge is 0.300 e. The van der Waals surface area contributed by atoms with E-state index < -0.39 is 0 Å². The lowest BCUT2D eigenvalue weighted by Crippen LogP contribution is -2.26. The zero-order valence-electron chi connectivity index (χ0n) is 29.6. The molecule has 0 aliphatic carbocycles. The molecule has 0 fully saturated rings. The molecule has 0 unspecified atom stereocenters. The van der Waals surface area contributed by atoms with Gasteiger partial charge in [0.25, 0.3) is 0 Å². The maximum absolute atomic E-state index is 5.29. The number of nitrogens with zero attached hydrogens (tertiary/aromatic N) is 3. The molecule has 0 N–H and O–H groups in total. The van der Waals surface area contributed by atoms with Crippen molar-refractivity contribution in [1.82, 2.24) is 14.5 Å². The number of fused-ring (bicyclic) bond motifs is 8. The fourth-order valence-electron chi connectivity index (χ4n) is 8.38. The fourth-order valence-corrected chi connectivity index (χ4v) is 9.62. The van der Waals surface area contributed by atoms with Crippen molar-refractivity contribution in [2.45, 2.75) is 33.0 Å². The van der Waals surface area contributed by atoms with Crippen LogP contribution in [0.2, 0.25) is 6.82 Å². The lowest BCUT2D eigenvalue weighted by molar-refractivity contribution is 0.630. The number of para-hydroxylation sites is 1. The Balaban J connectivity index is 1.14. The molecule has 247 valence electrons. The molecule has 6 aromatic carbocycles. The Hall–Kier alpha value is -5.78. The van der Waals surface area contributed by atoms with Gasteiger partial charge >= 0.3 is 0 Å². The van der Waals surface area contributed by atoms with Crippen molar-refractivity contribution in [2.75, 3.05) is 0 Å². The molecule has 5 heteroatoms. The van der Waals surface area contributed by atoms with E-state index in [9.17, 15) is 0 Å². The van der Waals surface area contributed by atoms with Gasteiger partial charge in [-0.3, -0.25) is 0 Å². The normalized spacial score (nSPS) is 13.5. The summed E-state index contributed by atoms with van der Waals surface area (Å²) in [4.78, 5) is 11.7. The van der Waals surface area contributed by atoms with Crippen molar-refractivity contribution in [3.8, 4) is 39.5 Å². The van der Waals surface area contributed by atoms with Crippen molar-refractivity contribution >= 4 is 66.7 Å². The van der Waals surface area contributed by atoms with E-state index in [1.807, 2.05) is 25.4 Å². The monoisotopic (exact) mass is 684 g/mol. The van der Waals surface area contributed by atoms with Gasteiger partial charge in [0.2, 0.25) is 0 Å². The first-order chi connectivity index (χ1) is 25.4. The Kier molecular flexibility index (Phi) is 6.93. The zero-order chi connectivity index (χ0) is 35.1. The molecule has 1 aliphatic rings. The average Bonchev–Trinajstić information content (AvgIpc) is 3.71. The number of rotatable bonds is 5.